The first-order valence-electron chi connectivity index (χ1n) is 5.38. The van der Waals surface area contributed by atoms with E-state index in [1.54, 1.807) is 0 Å². The molecule has 0 aliphatic carbocycles. The summed E-state index contributed by atoms with van der Waals surface area (Å²) >= 11 is 0. The molecule has 2 N–H and O–H groups in total. The van der Waals surface area contributed by atoms with E-state index < -0.39 is 0 Å². The maximum atomic E-state index is 5.95. The van der Waals surface area contributed by atoms with Gasteiger partial charge in [-0.05, 0) is 38.0 Å². The highest BCUT2D eigenvalue weighted by Gasteiger charge is 2.11. The molecule has 1 aromatic carbocycles. The minimum atomic E-state index is 0.0112. The van der Waals surface area contributed by atoms with Crippen molar-refractivity contribution in [3.05, 3.63) is 35.1 Å². The van der Waals surface area contributed by atoms with Crippen LogP contribution in [-0.4, -0.2) is 0 Å². The summed E-state index contributed by atoms with van der Waals surface area (Å²) < 4.78 is 5.78. The molecule has 1 heterocycles. The van der Waals surface area contributed by atoms with E-state index in [2.05, 4.69) is 39.0 Å². The second kappa shape index (κ2) is 3.70. The fourth-order valence-corrected chi connectivity index (χ4v) is 1.92. The molecule has 0 spiro atoms. The average Bonchev–Trinajstić information content (AvgIpc) is 2.60. The molecule has 0 amide bonds. The molecule has 0 aliphatic heterocycles. The zero-order valence-corrected chi connectivity index (χ0v) is 9.50. The Morgan fingerprint density at radius 3 is 2.67 bits per heavy atom. The lowest BCUT2D eigenvalue weighted by atomic mass is 10.1. The molecule has 0 fully saturated rings. The Labute approximate surface area is 90.1 Å². The van der Waals surface area contributed by atoms with Crippen molar-refractivity contribution in [2.24, 2.45) is 5.73 Å². The normalized spacial score (nSPS) is 13.3. The standard InChI is InChI=1S/C13H17NO/c1-4-11(14)12-7-10-6-8(2)5-9(3)13(10)15-12/h5-7,11H,4,14H2,1-3H3. The van der Waals surface area contributed by atoms with Gasteiger partial charge in [0.25, 0.3) is 0 Å². The molecule has 0 bridgehead atoms. The van der Waals surface area contributed by atoms with Crippen molar-refractivity contribution in [3.8, 4) is 0 Å². The van der Waals surface area contributed by atoms with Crippen molar-refractivity contribution in [2.75, 3.05) is 0 Å². The van der Waals surface area contributed by atoms with Crippen molar-refractivity contribution in [3.63, 3.8) is 0 Å². The summed E-state index contributed by atoms with van der Waals surface area (Å²) in [6.45, 7) is 6.23. The fourth-order valence-electron chi connectivity index (χ4n) is 1.92. The van der Waals surface area contributed by atoms with Gasteiger partial charge in [0.15, 0.2) is 0 Å². The third kappa shape index (κ3) is 1.77. The van der Waals surface area contributed by atoms with E-state index in [9.17, 15) is 0 Å². The molecule has 1 aromatic heterocycles. The topological polar surface area (TPSA) is 39.2 Å². The monoisotopic (exact) mass is 203 g/mol. The van der Waals surface area contributed by atoms with Crippen LogP contribution in [0.15, 0.2) is 22.6 Å². The first kappa shape index (κ1) is 10.2. The summed E-state index contributed by atoms with van der Waals surface area (Å²) in [5, 5.41) is 1.16. The van der Waals surface area contributed by atoms with Gasteiger partial charge in [-0.1, -0.05) is 18.6 Å². The van der Waals surface area contributed by atoms with Crippen molar-refractivity contribution < 1.29 is 4.42 Å². The summed E-state index contributed by atoms with van der Waals surface area (Å²) in [6.07, 6.45) is 0.901. The van der Waals surface area contributed by atoms with Crippen LogP contribution in [0.3, 0.4) is 0 Å². The Kier molecular flexibility index (Phi) is 2.53. The van der Waals surface area contributed by atoms with Crippen LogP contribution in [0.25, 0.3) is 11.0 Å². The number of furan rings is 1. The summed E-state index contributed by atoms with van der Waals surface area (Å²) in [7, 11) is 0. The lowest BCUT2D eigenvalue weighted by Gasteiger charge is -2.02. The van der Waals surface area contributed by atoms with Gasteiger partial charge < -0.3 is 10.2 Å². The van der Waals surface area contributed by atoms with E-state index in [1.165, 1.54) is 11.1 Å². The van der Waals surface area contributed by atoms with Crippen molar-refractivity contribution >= 4 is 11.0 Å². The predicted molar refractivity (Wildman–Crippen MR) is 62.9 cm³/mol. The fraction of sp³-hybridized carbons (Fsp3) is 0.385. The highest BCUT2D eigenvalue weighted by Crippen LogP contribution is 2.27. The summed E-state index contributed by atoms with van der Waals surface area (Å²) in [4.78, 5) is 0. The lowest BCUT2D eigenvalue weighted by Crippen LogP contribution is -2.06. The SMILES string of the molecule is CCC(N)c1cc2cc(C)cc(C)c2o1. The van der Waals surface area contributed by atoms with Gasteiger partial charge in [0.1, 0.15) is 11.3 Å². The molecule has 0 saturated heterocycles. The van der Waals surface area contributed by atoms with Crippen LogP contribution >= 0.6 is 0 Å². The summed E-state index contributed by atoms with van der Waals surface area (Å²) in [5.74, 6) is 0.890. The molecule has 0 aliphatic rings. The highest BCUT2D eigenvalue weighted by molar-refractivity contribution is 5.81. The minimum Gasteiger partial charge on any atom is -0.459 e. The number of hydrogen-bond acceptors (Lipinski definition) is 2. The number of aryl methyl sites for hydroxylation is 2. The molecule has 1 atom stereocenters. The third-order valence-corrected chi connectivity index (χ3v) is 2.77. The van der Waals surface area contributed by atoms with E-state index in [4.69, 9.17) is 10.2 Å². The zero-order valence-electron chi connectivity index (χ0n) is 9.50. The van der Waals surface area contributed by atoms with E-state index in [-0.39, 0.29) is 6.04 Å². The van der Waals surface area contributed by atoms with Crippen LogP contribution in [0.5, 0.6) is 0 Å². The second-order valence-corrected chi connectivity index (χ2v) is 4.16. The lowest BCUT2D eigenvalue weighted by molar-refractivity contribution is 0.487. The first-order valence-corrected chi connectivity index (χ1v) is 5.38. The Morgan fingerprint density at radius 1 is 1.27 bits per heavy atom. The maximum Gasteiger partial charge on any atom is 0.137 e. The molecule has 1 unspecified atom stereocenters. The number of fused-ring (bicyclic) bond motifs is 1. The summed E-state index contributed by atoms with van der Waals surface area (Å²) in [6, 6.07) is 6.34. The molecule has 0 saturated carbocycles. The van der Waals surface area contributed by atoms with Gasteiger partial charge in [-0.15, -0.1) is 0 Å². The van der Waals surface area contributed by atoms with E-state index in [1.807, 2.05) is 0 Å². The quantitative estimate of drug-likeness (QED) is 0.811. The number of hydrogen-bond donors (Lipinski definition) is 1. The van der Waals surface area contributed by atoms with Gasteiger partial charge in [0, 0.05) is 5.39 Å². The minimum absolute atomic E-state index is 0.0112. The Bertz CT molecular complexity index is 484. The molecular formula is C13H17NO. The van der Waals surface area contributed by atoms with Crippen LogP contribution < -0.4 is 5.73 Å². The third-order valence-electron chi connectivity index (χ3n) is 2.77. The van der Waals surface area contributed by atoms with Gasteiger partial charge in [-0.25, -0.2) is 0 Å². The molecule has 2 rings (SSSR count). The first-order chi connectivity index (χ1) is 7.11. The average molecular weight is 203 g/mol. The van der Waals surface area contributed by atoms with Gasteiger partial charge in [-0.2, -0.15) is 0 Å². The molecule has 2 heteroatoms. The van der Waals surface area contributed by atoms with Crippen LogP contribution in [0.2, 0.25) is 0 Å². The van der Waals surface area contributed by atoms with Gasteiger partial charge in [0.2, 0.25) is 0 Å². The van der Waals surface area contributed by atoms with Crippen molar-refractivity contribution in [1.82, 2.24) is 0 Å². The van der Waals surface area contributed by atoms with Gasteiger partial charge in [-0.3, -0.25) is 0 Å². The van der Waals surface area contributed by atoms with E-state index in [0.717, 1.165) is 23.2 Å². The zero-order chi connectivity index (χ0) is 11.0. The van der Waals surface area contributed by atoms with Crippen LogP contribution in [-0.2, 0) is 0 Å². The van der Waals surface area contributed by atoms with Crippen molar-refractivity contribution in [1.29, 1.82) is 0 Å². The predicted octanol–water partition coefficient (Wildman–Crippen LogP) is 3.46. The molecular weight excluding hydrogens is 186 g/mol. The molecule has 15 heavy (non-hydrogen) atoms. The second-order valence-electron chi connectivity index (χ2n) is 4.16. The molecule has 80 valence electrons. The van der Waals surface area contributed by atoms with Gasteiger partial charge in [0.05, 0.1) is 6.04 Å². The largest absolute Gasteiger partial charge is 0.459 e. The maximum absolute atomic E-state index is 5.95. The number of nitrogens with two attached hydrogens (primary N) is 1. The molecule has 0 radical (unpaired) electrons. The number of rotatable bonds is 2. The van der Waals surface area contributed by atoms with Crippen LogP contribution in [0.4, 0.5) is 0 Å². The smallest absolute Gasteiger partial charge is 0.137 e. The highest BCUT2D eigenvalue weighted by atomic mass is 16.3. The molecule has 2 aromatic rings. The molecule has 2 nitrogen and oxygen atoms in total. The number of benzene rings is 1. The van der Waals surface area contributed by atoms with E-state index >= 15 is 0 Å². The van der Waals surface area contributed by atoms with E-state index in [0.29, 0.717) is 0 Å². The van der Waals surface area contributed by atoms with Crippen LogP contribution in [0.1, 0.15) is 36.3 Å². The Hall–Kier alpha value is -1.28. The Balaban J connectivity index is 2.60. The summed E-state index contributed by atoms with van der Waals surface area (Å²) in [5.41, 5.74) is 9.37. The van der Waals surface area contributed by atoms with Crippen molar-refractivity contribution in [2.45, 2.75) is 33.2 Å². The van der Waals surface area contributed by atoms with Crippen LogP contribution in [0, 0.1) is 13.8 Å². The van der Waals surface area contributed by atoms with Gasteiger partial charge >= 0.3 is 0 Å². The Morgan fingerprint density at radius 2 is 2.00 bits per heavy atom.